The molecule has 0 bridgehead atoms. The summed E-state index contributed by atoms with van der Waals surface area (Å²) in [4.78, 5) is 12.7. The van der Waals surface area contributed by atoms with Gasteiger partial charge in [0.2, 0.25) is 0 Å². The third kappa shape index (κ3) is 2.85. The highest BCUT2D eigenvalue weighted by molar-refractivity contribution is 5.95. The molecule has 128 valence electrons. The fourth-order valence-electron chi connectivity index (χ4n) is 3.12. The smallest absolute Gasteiger partial charge is 0.259 e. The van der Waals surface area contributed by atoms with Crippen LogP contribution in [0.1, 0.15) is 28.6 Å². The van der Waals surface area contributed by atoms with E-state index in [4.69, 9.17) is 9.15 Å². The number of aryl methyl sites for hydroxylation is 1. The summed E-state index contributed by atoms with van der Waals surface area (Å²) in [7, 11) is 0. The van der Waals surface area contributed by atoms with Crippen molar-refractivity contribution in [3.63, 3.8) is 0 Å². The van der Waals surface area contributed by atoms with Gasteiger partial charge in [0.15, 0.2) is 17.7 Å². The number of carbonyl (C=O) groups is 1. The van der Waals surface area contributed by atoms with Crippen LogP contribution in [0.2, 0.25) is 0 Å². The largest absolute Gasteiger partial charge is 0.460 e. The number of aromatic nitrogens is 2. The minimum absolute atomic E-state index is 0.219. The molecule has 0 spiro atoms. The van der Waals surface area contributed by atoms with Gasteiger partial charge in [0.05, 0.1) is 6.61 Å². The zero-order valence-electron chi connectivity index (χ0n) is 14.1. The van der Waals surface area contributed by atoms with Crippen LogP contribution < -0.4 is 5.32 Å². The van der Waals surface area contributed by atoms with Gasteiger partial charge in [-0.1, -0.05) is 24.3 Å². The number of ether oxygens (including phenoxy) is 1. The predicted molar refractivity (Wildman–Crippen MR) is 93.2 cm³/mol. The van der Waals surface area contributed by atoms with E-state index in [1.165, 1.54) is 0 Å². The number of benzene rings is 1. The molecule has 3 heterocycles. The van der Waals surface area contributed by atoms with E-state index in [0.29, 0.717) is 18.2 Å². The number of amides is 1. The summed E-state index contributed by atoms with van der Waals surface area (Å²) in [6.07, 6.45) is 0.207. The molecule has 0 saturated carbocycles. The Morgan fingerprint density at radius 2 is 2.08 bits per heavy atom. The van der Waals surface area contributed by atoms with Crippen LogP contribution in [0.25, 0.3) is 11.5 Å². The number of H-pyrrole nitrogens is 1. The number of anilines is 1. The van der Waals surface area contributed by atoms with Gasteiger partial charge in [0.25, 0.3) is 5.91 Å². The third-order valence-corrected chi connectivity index (χ3v) is 4.47. The molecule has 0 radical (unpaired) electrons. The molecule has 6 heteroatoms. The number of fused-ring (bicyclic) bond motifs is 1. The first-order valence-electron chi connectivity index (χ1n) is 8.25. The van der Waals surface area contributed by atoms with Crippen LogP contribution in [-0.2, 0) is 16.0 Å². The maximum Gasteiger partial charge on any atom is 0.259 e. The summed E-state index contributed by atoms with van der Waals surface area (Å²) < 4.78 is 11.3. The van der Waals surface area contributed by atoms with Crippen LogP contribution in [0.15, 0.2) is 40.8 Å². The van der Waals surface area contributed by atoms with E-state index < -0.39 is 6.10 Å². The Kier molecular flexibility index (Phi) is 3.89. The van der Waals surface area contributed by atoms with Crippen molar-refractivity contribution in [2.45, 2.75) is 26.4 Å². The van der Waals surface area contributed by atoms with E-state index in [1.807, 2.05) is 50.2 Å². The van der Waals surface area contributed by atoms with Crippen LogP contribution in [-0.4, -0.2) is 22.7 Å². The minimum Gasteiger partial charge on any atom is -0.460 e. The molecule has 6 nitrogen and oxygen atoms in total. The Labute approximate surface area is 145 Å². The van der Waals surface area contributed by atoms with Crippen LogP contribution in [0.5, 0.6) is 0 Å². The standard InChI is InChI=1S/C19H19N3O3/c1-11-7-8-15(25-11)16-12(2)18(22-21-16)20-19(23)17-14-6-4-3-5-13(14)9-10-24-17/h3-8,17H,9-10H2,1-2H3,(H2,20,21,22,23)/t17-/m0/s1. The molecule has 0 saturated heterocycles. The quantitative estimate of drug-likeness (QED) is 0.766. The molecular formula is C19H19N3O3. The number of nitrogens with zero attached hydrogens (tertiary/aromatic N) is 1. The molecule has 1 amide bonds. The van der Waals surface area contributed by atoms with Gasteiger partial charge < -0.3 is 14.5 Å². The van der Waals surface area contributed by atoms with Gasteiger partial charge in [-0.05, 0) is 43.5 Å². The van der Waals surface area contributed by atoms with Gasteiger partial charge in [-0.25, -0.2) is 0 Å². The number of rotatable bonds is 3. The summed E-state index contributed by atoms with van der Waals surface area (Å²) in [5.41, 5.74) is 3.65. The molecule has 1 aliphatic heterocycles. The van der Waals surface area contributed by atoms with Crippen molar-refractivity contribution in [2.24, 2.45) is 0 Å². The number of furan rings is 1. The van der Waals surface area contributed by atoms with E-state index in [1.54, 1.807) is 0 Å². The molecule has 0 aliphatic carbocycles. The summed E-state index contributed by atoms with van der Waals surface area (Å²) in [6, 6.07) is 11.6. The summed E-state index contributed by atoms with van der Waals surface area (Å²) in [6.45, 7) is 4.31. The number of hydrogen-bond acceptors (Lipinski definition) is 4. The van der Waals surface area contributed by atoms with Crippen LogP contribution >= 0.6 is 0 Å². The molecule has 2 N–H and O–H groups in total. The zero-order chi connectivity index (χ0) is 17.4. The molecular weight excluding hydrogens is 318 g/mol. The monoisotopic (exact) mass is 337 g/mol. The highest BCUT2D eigenvalue weighted by atomic mass is 16.5. The average Bonchev–Trinajstić information content (AvgIpc) is 3.20. The lowest BCUT2D eigenvalue weighted by Gasteiger charge is -2.24. The van der Waals surface area contributed by atoms with Crippen LogP contribution in [0, 0.1) is 13.8 Å². The first-order valence-corrected chi connectivity index (χ1v) is 8.25. The van der Waals surface area contributed by atoms with Crippen molar-refractivity contribution in [2.75, 3.05) is 11.9 Å². The van der Waals surface area contributed by atoms with E-state index in [0.717, 1.165) is 34.6 Å². The number of carbonyl (C=O) groups excluding carboxylic acids is 1. The second-order valence-corrected chi connectivity index (χ2v) is 6.17. The molecule has 1 aliphatic rings. The van der Waals surface area contributed by atoms with Crippen LogP contribution in [0.3, 0.4) is 0 Å². The second-order valence-electron chi connectivity index (χ2n) is 6.17. The van der Waals surface area contributed by atoms with Crippen molar-refractivity contribution in [1.29, 1.82) is 0 Å². The summed E-state index contributed by atoms with van der Waals surface area (Å²) in [5, 5.41) is 10.0. The number of hydrogen-bond donors (Lipinski definition) is 2. The van der Waals surface area contributed by atoms with Gasteiger partial charge in [0.1, 0.15) is 11.5 Å². The first kappa shape index (κ1) is 15.7. The van der Waals surface area contributed by atoms with Gasteiger partial charge in [-0.15, -0.1) is 0 Å². The Bertz CT molecular complexity index is 926. The molecule has 4 rings (SSSR count). The first-order chi connectivity index (χ1) is 12.1. The Balaban J connectivity index is 1.57. The van der Waals surface area contributed by atoms with E-state index >= 15 is 0 Å². The highest BCUT2D eigenvalue weighted by Gasteiger charge is 2.28. The lowest BCUT2D eigenvalue weighted by molar-refractivity contribution is -0.128. The van der Waals surface area contributed by atoms with Crippen LogP contribution in [0.4, 0.5) is 5.82 Å². The van der Waals surface area contributed by atoms with Crippen molar-refractivity contribution >= 4 is 11.7 Å². The molecule has 1 aromatic carbocycles. The van der Waals surface area contributed by atoms with E-state index in [-0.39, 0.29) is 5.91 Å². The fourth-order valence-corrected chi connectivity index (χ4v) is 3.12. The highest BCUT2D eigenvalue weighted by Crippen LogP contribution is 2.30. The zero-order valence-corrected chi connectivity index (χ0v) is 14.1. The Hall–Kier alpha value is -2.86. The molecule has 1 atom stereocenters. The maximum absolute atomic E-state index is 12.7. The van der Waals surface area contributed by atoms with Crippen molar-refractivity contribution in [3.8, 4) is 11.5 Å². The van der Waals surface area contributed by atoms with E-state index in [2.05, 4.69) is 15.5 Å². The minimum atomic E-state index is -0.615. The normalized spacial score (nSPS) is 16.5. The average molecular weight is 337 g/mol. The SMILES string of the molecule is Cc1ccc(-c2[nH]nc(NC(=O)[C@H]3OCCc4ccccc43)c2C)o1. The third-order valence-electron chi connectivity index (χ3n) is 4.47. The summed E-state index contributed by atoms with van der Waals surface area (Å²) >= 11 is 0. The summed E-state index contributed by atoms with van der Waals surface area (Å²) in [5.74, 6) is 1.79. The van der Waals surface area contributed by atoms with Crippen molar-refractivity contribution in [3.05, 3.63) is 58.8 Å². The predicted octanol–water partition coefficient (Wildman–Crippen LogP) is 3.54. The molecule has 0 fully saturated rings. The Morgan fingerprint density at radius 3 is 2.88 bits per heavy atom. The second kappa shape index (κ2) is 6.22. The molecule has 2 aromatic heterocycles. The lowest BCUT2D eigenvalue weighted by atomic mass is 9.97. The molecule has 25 heavy (non-hydrogen) atoms. The van der Waals surface area contributed by atoms with Gasteiger partial charge in [-0.3, -0.25) is 9.89 Å². The number of nitrogens with one attached hydrogen (secondary N) is 2. The lowest BCUT2D eigenvalue weighted by Crippen LogP contribution is -2.28. The molecule has 0 unspecified atom stereocenters. The number of aromatic amines is 1. The van der Waals surface area contributed by atoms with Crippen molar-refractivity contribution in [1.82, 2.24) is 10.2 Å². The maximum atomic E-state index is 12.7. The Morgan fingerprint density at radius 1 is 1.24 bits per heavy atom. The molecule has 3 aromatic rings. The van der Waals surface area contributed by atoms with Gasteiger partial charge in [-0.2, -0.15) is 5.10 Å². The van der Waals surface area contributed by atoms with Crippen molar-refractivity contribution < 1.29 is 13.9 Å². The fraction of sp³-hybridized carbons (Fsp3) is 0.263. The van der Waals surface area contributed by atoms with E-state index in [9.17, 15) is 4.79 Å². The van der Waals surface area contributed by atoms with Gasteiger partial charge in [0, 0.05) is 5.56 Å². The van der Waals surface area contributed by atoms with Gasteiger partial charge >= 0.3 is 0 Å². The topological polar surface area (TPSA) is 80.2 Å².